The van der Waals surface area contributed by atoms with E-state index in [0.29, 0.717) is 55.6 Å². The second-order valence-corrected chi connectivity index (χ2v) is 7.44. The van der Waals surface area contributed by atoms with Gasteiger partial charge < -0.3 is 19.7 Å². The first-order valence-corrected chi connectivity index (χ1v) is 10.0. The summed E-state index contributed by atoms with van der Waals surface area (Å²) in [5.74, 6) is 0.737. The van der Waals surface area contributed by atoms with Crippen LogP contribution in [0.5, 0.6) is 0 Å². The first-order valence-electron chi connectivity index (χ1n) is 10.0. The van der Waals surface area contributed by atoms with E-state index in [2.05, 4.69) is 20.2 Å². The molecular formula is C21H22FN5O3. The normalized spacial score (nSPS) is 19.4. The van der Waals surface area contributed by atoms with Crippen LogP contribution < -0.4 is 10.2 Å². The predicted octanol–water partition coefficient (Wildman–Crippen LogP) is 2.35. The lowest BCUT2D eigenvalue weighted by Gasteiger charge is -2.27. The lowest BCUT2D eigenvalue weighted by Crippen LogP contribution is -2.36. The fourth-order valence-corrected chi connectivity index (χ4v) is 3.82. The fourth-order valence-electron chi connectivity index (χ4n) is 3.82. The molecule has 5 rings (SSSR count). The molecule has 1 aromatic carbocycles. The van der Waals surface area contributed by atoms with Crippen LogP contribution in [-0.4, -0.2) is 59.8 Å². The number of imidazole rings is 1. The minimum Gasteiger partial charge on any atom is -0.381 e. The van der Waals surface area contributed by atoms with Crippen LogP contribution in [0.2, 0.25) is 0 Å². The highest BCUT2D eigenvalue weighted by Gasteiger charge is 2.24. The number of ether oxygens (including phenoxy) is 2. The summed E-state index contributed by atoms with van der Waals surface area (Å²) in [6.45, 7) is 3.94. The van der Waals surface area contributed by atoms with Gasteiger partial charge >= 0.3 is 0 Å². The second kappa shape index (κ2) is 8.00. The number of carbonyl (C=O) groups excluding carboxylic acids is 1. The molecular weight excluding hydrogens is 389 g/mol. The van der Waals surface area contributed by atoms with Gasteiger partial charge in [-0.05, 0) is 30.7 Å². The molecule has 2 saturated heterocycles. The summed E-state index contributed by atoms with van der Waals surface area (Å²) in [7, 11) is 0. The zero-order valence-electron chi connectivity index (χ0n) is 16.4. The zero-order chi connectivity index (χ0) is 20.5. The summed E-state index contributed by atoms with van der Waals surface area (Å²) in [5.41, 5.74) is 1.30. The van der Waals surface area contributed by atoms with Crippen LogP contribution in [-0.2, 0) is 14.3 Å². The molecule has 1 unspecified atom stereocenters. The third-order valence-electron chi connectivity index (χ3n) is 5.51. The van der Waals surface area contributed by atoms with Crippen LogP contribution >= 0.6 is 0 Å². The van der Waals surface area contributed by atoms with Crippen molar-refractivity contribution in [2.45, 2.75) is 6.42 Å². The largest absolute Gasteiger partial charge is 0.381 e. The highest BCUT2D eigenvalue weighted by molar-refractivity contribution is 5.93. The van der Waals surface area contributed by atoms with Crippen molar-refractivity contribution < 1.29 is 18.7 Å². The molecule has 1 amide bonds. The number of fused-ring (bicyclic) bond motifs is 1. The highest BCUT2D eigenvalue weighted by Crippen LogP contribution is 2.27. The fraction of sp³-hybridized carbons (Fsp3) is 0.381. The number of carbonyl (C=O) groups is 1. The van der Waals surface area contributed by atoms with Crippen LogP contribution in [0.3, 0.4) is 0 Å². The summed E-state index contributed by atoms with van der Waals surface area (Å²) in [6.07, 6.45) is 4.31. The molecule has 2 aromatic heterocycles. The van der Waals surface area contributed by atoms with Gasteiger partial charge in [0.25, 0.3) is 0 Å². The third kappa shape index (κ3) is 3.61. The van der Waals surface area contributed by atoms with Crippen molar-refractivity contribution >= 4 is 23.2 Å². The van der Waals surface area contributed by atoms with Gasteiger partial charge in [0.05, 0.1) is 37.6 Å². The molecule has 8 nitrogen and oxygen atoms in total. The molecule has 0 bridgehead atoms. The van der Waals surface area contributed by atoms with Gasteiger partial charge in [0.15, 0.2) is 0 Å². The number of aromatic nitrogens is 3. The molecule has 0 spiro atoms. The predicted molar refractivity (Wildman–Crippen MR) is 109 cm³/mol. The zero-order valence-corrected chi connectivity index (χ0v) is 16.4. The number of nitrogens with zero attached hydrogens (tertiary/aromatic N) is 4. The van der Waals surface area contributed by atoms with E-state index in [1.54, 1.807) is 24.4 Å². The standard InChI is InChI=1S/C21H22FN5O3/c22-17-2-1-15(24-20(28)14-4-8-30-13-14)11-16(17)18-3-5-27-19(12-23-21(27)25-18)26-6-9-29-10-7-26/h1-3,5,11-12,14H,4,6-10,13H2,(H,24,28). The van der Waals surface area contributed by atoms with Crippen LogP contribution in [0, 0.1) is 11.7 Å². The monoisotopic (exact) mass is 411 g/mol. The van der Waals surface area contributed by atoms with Gasteiger partial charge in [0.2, 0.25) is 11.7 Å². The van der Waals surface area contributed by atoms with Gasteiger partial charge in [0, 0.05) is 37.1 Å². The van der Waals surface area contributed by atoms with Crippen LogP contribution in [0.4, 0.5) is 15.9 Å². The number of halogens is 1. The van der Waals surface area contributed by atoms with Gasteiger partial charge in [0.1, 0.15) is 11.6 Å². The van der Waals surface area contributed by atoms with Crippen molar-refractivity contribution in [3.63, 3.8) is 0 Å². The van der Waals surface area contributed by atoms with Gasteiger partial charge in [-0.3, -0.25) is 9.20 Å². The first-order chi connectivity index (χ1) is 14.7. The highest BCUT2D eigenvalue weighted by atomic mass is 19.1. The Morgan fingerprint density at radius 3 is 2.83 bits per heavy atom. The molecule has 1 N–H and O–H groups in total. The number of rotatable bonds is 4. The van der Waals surface area contributed by atoms with Crippen LogP contribution in [0.15, 0.2) is 36.7 Å². The van der Waals surface area contributed by atoms with Gasteiger partial charge in [-0.25, -0.2) is 14.4 Å². The molecule has 2 aliphatic rings. The minimum atomic E-state index is -0.408. The summed E-state index contributed by atoms with van der Waals surface area (Å²) in [5, 5.41) is 2.85. The van der Waals surface area contributed by atoms with Gasteiger partial charge in [-0.1, -0.05) is 0 Å². The number of hydrogen-bond donors (Lipinski definition) is 1. The molecule has 0 aliphatic carbocycles. The Hall–Kier alpha value is -3.04. The van der Waals surface area contributed by atoms with Crippen molar-refractivity contribution in [3.05, 3.63) is 42.5 Å². The van der Waals surface area contributed by atoms with E-state index in [9.17, 15) is 9.18 Å². The lowest BCUT2D eigenvalue weighted by molar-refractivity contribution is -0.119. The van der Waals surface area contributed by atoms with E-state index in [0.717, 1.165) is 18.9 Å². The number of hydrogen-bond acceptors (Lipinski definition) is 6. The molecule has 0 radical (unpaired) electrons. The molecule has 2 fully saturated rings. The summed E-state index contributed by atoms with van der Waals surface area (Å²) >= 11 is 0. The molecule has 2 aliphatic heterocycles. The lowest BCUT2D eigenvalue weighted by atomic mass is 10.1. The van der Waals surface area contributed by atoms with E-state index < -0.39 is 5.82 Å². The molecule has 0 saturated carbocycles. The maximum atomic E-state index is 14.6. The molecule has 9 heteroatoms. The topological polar surface area (TPSA) is 81.0 Å². The van der Waals surface area contributed by atoms with Crippen molar-refractivity contribution in [3.8, 4) is 11.3 Å². The average molecular weight is 411 g/mol. The van der Waals surface area contributed by atoms with Crippen LogP contribution in [0.1, 0.15) is 6.42 Å². The molecule has 3 aromatic rings. The summed E-state index contributed by atoms with van der Waals surface area (Å²) < 4.78 is 27.1. The summed E-state index contributed by atoms with van der Waals surface area (Å²) in [6, 6.07) is 6.25. The quantitative estimate of drug-likeness (QED) is 0.710. The minimum absolute atomic E-state index is 0.114. The maximum absolute atomic E-state index is 14.6. The van der Waals surface area contributed by atoms with E-state index >= 15 is 0 Å². The van der Waals surface area contributed by atoms with E-state index in [-0.39, 0.29) is 11.8 Å². The molecule has 156 valence electrons. The van der Waals surface area contributed by atoms with E-state index in [4.69, 9.17) is 9.47 Å². The SMILES string of the molecule is O=C(Nc1ccc(F)c(-c2ccn3c(N4CCOCC4)cnc3n2)c1)C1CCOC1. The van der Waals surface area contributed by atoms with Gasteiger partial charge in [-0.2, -0.15) is 0 Å². The van der Waals surface area contributed by atoms with Crippen LogP contribution in [0.25, 0.3) is 17.0 Å². The number of nitrogens with one attached hydrogen (secondary N) is 1. The van der Waals surface area contributed by atoms with Crippen molar-refractivity contribution in [1.29, 1.82) is 0 Å². The number of morpholine rings is 1. The van der Waals surface area contributed by atoms with Crippen molar-refractivity contribution in [1.82, 2.24) is 14.4 Å². The molecule has 1 atom stereocenters. The Balaban J connectivity index is 1.42. The first kappa shape index (κ1) is 19.0. The number of anilines is 2. The Kier molecular flexibility index (Phi) is 5.06. The number of benzene rings is 1. The smallest absolute Gasteiger partial charge is 0.235 e. The maximum Gasteiger partial charge on any atom is 0.235 e. The van der Waals surface area contributed by atoms with Crippen molar-refractivity contribution in [2.24, 2.45) is 5.92 Å². The average Bonchev–Trinajstić information content (AvgIpc) is 3.45. The second-order valence-electron chi connectivity index (χ2n) is 7.44. The van der Waals surface area contributed by atoms with E-state index in [1.807, 2.05) is 10.6 Å². The molecule has 30 heavy (non-hydrogen) atoms. The number of amides is 1. The van der Waals surface area contributed by atoms with Gasteiger partial charge in [-0.15, -0.1) is 0 Å². The van der Waals surface area contributed by atoms with E-state index in [1.165, 1.54) is 6.07 Å². The Morgan fingerprint density at radius 2 is 2.03 bits per heavy atom. The van der Waals surface area contributed by atoms with Crippen molar-refractivity contribution in [2.75, 3.05) is 49.7 Å². The summed E-state index contributed by atoms with van der Waals surface area (Å²) in [4.78, 5) is 23.5. The molecule has 4 heterocycles. The Labute approximate surface area is 172 Å². The third-order valence-corrected chi connectivity index (χ3v) is 5.51. The Morgan fingerprint density at radius 1 is 1.17 bits per heavy atom. The Bertz CT molecular complexity index is 1070.